The summed E-state index contributed by atoms with van der Waals surface area (Å²) in [5.74, 6) is 0.266. The summed E-state index contributed by atoms with van der Waals surface area (Å²) < 4.78 is 0. The Balaban J connectivity index is 2.19. The van der Waals surface area contributed by atoms with E-state index in [1.165, 1.54) is 0 Å². The molecule has 1 atom stereocenters. The lowest BCUT2D eigenvalue weighted by Crippen LogP contribution is -2.37. The lowest BCUT2D eigenvalue weighted by Gasteiger charge is -2.32. The van der Waals surface area contributed by atoms with Crippen LogP contribution in [0, 0.1) is 5.92 Å². The van der Waals surface area contributed by atoms with Gasteiger partial charge >= 0.3 is 0 Å². The van der Waals surface area contributed by atoms with Crippen molar-refractivity contribution >= 4 is 5.91 Å². The van der Waals surface area contributed by atoms with Gasteiger partial charge in [0.2, 0.25) is 5.91 Å². The van der Waals surface area contributed by atoms with E-state index in [0.717, 1.165) is 45.3 Å². The molecule has 0 aromatic heterocycles. The van der Waals surface area contributed by atoms with Crippen molar-refractivity contribution in [1.29, 1.82) is 0 Å². The van der Waals surface area contributed by atoms with Crippen molar-refractivity contribution in [3.8, 4) is 0 Å². The minimum Gasteiger partial charge on any atom is -0.396 e. The van der Waals surface area contributed by atoms with Gasteiger partial charge in [0, 0.05) is 19.6 Å². The first-order valence-corrected chi connectivity index (χ1v) is 5.84. The largest absolute Gasteiger partial charge is 0.396 e. The first kappa shape index (κ1) is 12.5. The number of rotatable bonds is 6. The number of aliphatic hydroxyl groups is 1. The van der Waals surface area contributed by atoms with Gasteiger partial charge in [-0.2, -0.15) is 0 Å². The number of hydrogen-bond donors (Lipinski definition) is 2. The summed E-state index contributed by atoms with van der Waals surface area (Å²) in [6.07, 6.45) is 4.73. The Bertz CT molecular complexity index is 197. The zero-order valence-corrected chi connectivity index (χ0v) is 9.32. The molecule has 1 heterocycles. The molecule has 1 fully saturated rings. The second kappa shape index (κ2) is 6.80. The Kier molecular flexibility index (Phi) is 5.65. The number of aliphatic hydroxyl groups excluding tert-OH is 1. The third-order valence-corrected chi connectivity index (χ3v) is 2.98. The maximum absolute atomic E-state index is 10.8. The van der Waals surface area contributed by atoms with Crippen molar-refractivity contribution in [2.24, 2.45) is 11.7 Å². The predicted molar refractivity (Wildman–Crippen MR) is 59.3 cm³/mol. The number of nitrogens with two attached hydrogens (primary N) is 1. The Hall–Kier alpha value is -0.610. The van der Waals surface area contributed by atoms with Gasteiger partial charge < -0.3 is 15.7 Å². The van der Waals surface area contributed by atoms with Crippen molar-refractivity contribution in [1.82, 2.24) is 4.90 Å². The highest BCUT2D eigenvalue weighted by Crippen LogP contribution is 2.19. The van der Waals surface area contributed by atoms with Crippen LogP contribution in [-0.4, -0.2) is 42.2 Å². The number of nitrogens with zero attached hydrogens (tertiary/aromatic N) is 1. The molecule has 0 spiro atoms. The second-order valence-electron chi connectivity index (χ2n) is 4.41. The van der Waals surface area contributed by atoms with Crippen LogP contribution in [0.15, 0.2) is 0 Å². The number of piperidine rings is 1. The molecule has 4 heteroatoms. The number of amides is 1. The van der Waals surface area contributed by atoms with Crippen molar-refractivity contribution in [3.63, 3.8) is 0 Å². The maximum atomic E-state index is 10.8. The Morgan fingerprint density at radius 3 is 2.93 bits per heavy atom. The average Bonchev–Trinajstić information content (AvgIpc) is 2.18. The smallest absolute Gasteiger partial charge is 0.217 e. The SMILES string of the molecule is NC(=O)CC1CCCN(CCCCO)C1. The molecule has 0 aliphatic carbocycles. The number of carbonyl (C=O) groups is 1. The lowest BCUT2D eigenvalue weighted by atomic mass is 9.94. The van der Waals surface area contributed by atoms with Crippen LogP contribution in [0.1, 0.15) is 32.1 Å². The highest BCUT2D eigenvalue weighted by Gasteiger charge is 2.20. The number of unbranched alkanes of at least 4 members (excludes halogenated alkanes) is 1. The molecular weight excluding hydrogens is 192 g/mol. The molecule has 0 saturated carbocycles. The fraction of sp³-hybridized carbons (Fsp3) is 0.909. The topological polar surface area (TPSA) is 66.6 Å². The fourth-order valence-electron chi connectivity index (χ4n) is 2.25. The highest BCUT2D eigenvalue weighted by molar-refractivity contribution is 5.74. The molecule has 4 nitrogen and oxygen atoms in total. The van der Waals surface area contributed by atoms with Crippen LogP contribution >= 0.6 is 0 Å². The first-order chi connectivity index (χ1) is 7.22. The normalized spacial score (nSPS) is 22.9. The quantitative estimate of drug-likeness (QED) is 0.627. The molecule has 0 radical (unpaired) electrons. The van der Waals surface area contributed by atoms with Crippen LogP contribution < -0.4 is 5.73 Å². The van der Waals surface area contributed by atoms with Gasteiger partial charge in [0.1, 0.15) is 0 Å². The van der Waals surface area contributed by atoms with E-state index in [1.807, 2.05) is 0 Å². The molecule has 1 aliphatic rings. The van der Waals surface area contributed by atoms with E-state index < -0.39 is 0 Å². The van der Waals surface area contributed by atoms with E-state index in [-0.39, 0.29) is 12.5 Å². The van der Waals surface area contributed by atoms with Crippen LogP contribution in [0.4, 0.5) is 0 Å². The summed E-state index contributed by atoms with van der Waals surface area (Å²) in [6, 6.07) is 0. The fourth-order valence-corrected chi connectivity index (χ4v) is 2.25. The molecule has 1 amide bonds. The summed E-state index contributed by atoms with van der Waals surface area (Å²) in [4.78, 5) is 13.2. The van der Waals surface area contributed by atoms with Gasteiger partial charge in [0.15, 0.2) is 0 Å². The second-order valence-corrected chi connectivity index (χ2v) is 4.41. The van der Waals surface area contributed by atoms with E-state index in [9.17, 15) is 4.79 Å². The molecule has 3 N–H and O–H groups in total. The van der Waals surface area contributed by atoms with Gasteiger partial charge in [-0.3, -0.25) is 4.79 Å². The third kappa shape index (κ3) is 5.14. The highest BCUT2D eigenvalue weighted by atomic mass is 16.2. The van der Waals surface area contributed by atoms with E-state index in [0.29, 0.717) is 12.3 Å². The van der Waals surface area contributed by atoms with Crippen molar-refractivity contribution in [2.75, 3.05) is 26.2 Å². The minimum atomic E-state index is -0.183. The zero-order valence-electron chi connectivity index (χ0n) is 9.32. The van der Waals surface area contributed by atoms with Crippen molar-refractivity contribution in [3.05, 3.63) is 0 Å². The lowest BCUT2D eigenvalue weighted by molar-refractivity contribution is -0.119. The molecular formula is C11H22N2O2. The van der Waals surface area contributed by atoms with Gasteiger partial charge in [-0.15, -0.1) is 0 Å². The summed E-state index contributed by atoms with van der Waals surface area (Å²) in [5.41, 5.74) is 5.20. The molecule has 1 saturated heterocycles. The molecule has 0 bridgehead atoms. The van der Waals surface area contributed by atoms with Gasteiger partial charge in [0.05, 0.1) is 0 Å². The Labute approximate surface area is 91.4 Å². The van der Waals surface area contributed by atoms with Crippen molar-refractivity contribution < 1.29 is 9.90 Å². The Morgan fingerprint density at radius 1 is 1.47 bits per heavy atom. The Morgan fingerprint density at radius 2 is 2.27 bits per heavy atom. The van der Waals surface area contributed by atoms with E-state index >= 15 is 0 Å². The number of hydrogen-bond acceptors (Lipinski definition) is 3. The summed E-state index contributed by atoms with van der Waals surface area (Å²) in [7, 11) is 0. The molecule has 0 aromatic carbocycles. The van der Waals surface area contributed by atoms with E-state index in [2.05, 4.69) is 4.90 Å². The summed E-state index contributed by atoms with van der Waals surface area (Å²) in [6.45, 7) is 3.43. The van der Waals surface area contributed by atoms with Gasteiger partial charge in [-0.25, -0.2) is 0 Å². The minimum absolute atomic E-state index is 0.183. The van der Waals surface area contributed by atoms with Crippen LogP contribution in [-0.2, 0) is 4.79 Å². The predicted octanol–water partition coefficient (Wildman–Crippen LogP) is 0.346. The molecule has 15 heavy (non-hydrogen) atoms. The molecule has 0 aromatic rings. The van der Waals surface area contributed by atoms with Crippen LogP contribution in [0.25, 0.3) is 0 Å². The summed E-state index contributed by atoms with van der Waals surface area (Å²) in [5, 5.41) is 8.69. The van der Waals surface area contributed by atoms with Crippen molar-refractivity contribution in [2.45, 2.75) is 32.1 Å². The molecule has 88 valence electrons. The monoisotopic (exact) mass is 214 g/mol. The van der Waals surface area contributed by atoms with Crippen LogP contribution in [0.2, 0.25) is 0 Å². The number of carbonyl (C=O) groups excluding carboxylic acids is 1. The molecule has 1 rings (SSSR count). The van der Waals surface area contributed by atoms with E-state index in [1.54, 1.807) is 0 Å². The first-order valence-electron chi connectivity index (χ1n) is 5.84. The standard InChI is InChI=1S/C11H22N2O2/c12-11(15)8-10-4-3-6-13(9-10)5-1-2-7-14/h10,14H,1-9H2,(H2,12,15). The third-order valence-electron chi connectivity index (χ3n) is 2.98. The van der Waals surface area contributed by atoms with Gasteiger partial charge in [-0.05, 0) is 44.7 Å². The number of primary amides is 1. The molecule has 1 aliphatic heterocycles. The van der Waals surface area contributed by atoms with Gasteiger partial charge in [-0.1, -0.05) is 0 Å². The zero-order chi connectivity index (χ0) is 11.1. The average molecular weight is 214 g/mol. The number of likely N-dealkylation sites (tertiary alicyclic amines) is 1. The van der Waals surface area contributed by atoms with E-state index in [4.69, 9.17) is 10.8 Å². The van der Waals surface area contributed by atoms with Crippen LogP contribution in [0.5, 0.6) is 0 Å². The molecule has 1 unspecified atom stereocenters. The van der Waals surface area contributed by atoms with Gasteiger partial charge in [0.25, 0.3) is 0 Å². The summed E-state index contributed by atoms with van der Waals surface area (Å²) >= 11 is 0. The van der Waals surface area contributed by atoms with Crippen LogP contribution in [0.3, 0.4) is 0 Å². The maximum Gasteiger partial charge on any atom is 0.217 e.